The number of esters is 1. The number of hydrogen-bond donors (Lipinski definition) is 3. The fraction of sp³-hybridized carbons (Fsp3) is 0.391. The Kier molecular flexibility index (Phi) is 6.30. The number of carbonyl (C=O) groups is 2. The van der Waals surface area contributed by atoms with E-state index in [9.17, 15) is 9.59 Å². The molecule has 1 amide bonds. The minimum Gasteiger partial charge on any atom is -0.493 e. The van der Waals surface area contributed by atoms with E-state index in [4.69, 9.17) is 4.74 Å². The van der Waals surface area contributed by atoms with Crippen molar-refractivity contribution in [1.82, 2.24) is 0 Å². The van der Waals surface area contributed by atoms with E-state index in [-0.39, 0.29) is 11.9 Å². The summed E-state index contributed by atoms with van der Waals surface area (Å²) in [7, 11) is 1.35. The molecule has 30 heavy (non-hydrogen) atoms. The van der Waals surface area contributed by atoms with E-state index in [1.165, 1.54) is 23.1 Å². The van der Waals surface area contributed by atoms with Gasteiger partial charge in [0, 0.05) is 17.7 Å². The Morgan fingerprint density at radius 3 is 2.50 bits per heavy atom. The highest BCUT2D eigenvalue weighted by molar-refractivity contribution is 5.93. The zero-order valence-corrected chi connectivity index (χ0v) is 17.3. The first-order valence-electron chi connectivity index (χ1n) is 10.5. The van der Waals surface area contributed by atoms with E-state index < -0.39 is 0 Å². The molecular formula is C23H29N3O4+2. The van der Waals surface area contributed by atoms with E-state index in [1.54, 1.807) is 29.2 Å². The number of benzene rings is 2. The topological polar surface area (TPSA) is 73.5 Å². The maximum Gasteiger partial charge on any atom is 0.337 e. The van der Waals surface area contributed by atoms with Crippen LogP contribution in [0, 0.1) is 0 Å². The van der Waals surface area contributed by atoms with Gasteiger partial charge in [0.15, 0.2) is 6.54 Å². The van der Waals surface area contributed by atoms with Crippen molar-refractivity contribution >= 4 is 17.6 Å². The van der Waals surface area contributed by atoms with Crippen LogP contribution >= 0.6 is 0 Å². The first-order valence-corrected chi connectivity index (χ1v) is 10.5. The van der Waals surface area contributed by atoms with Gasteiger partial charge in [-0.1, -0.05) is 0 Å². The van der Waals surface area contributed by atoms with Gasteiger partial charge in [-0.3, -0.25) is 4.79 Å². The van der Waals surface area contributed by atoms with Crippen molar-refractivity contribution in [3.8, 4) is 5.75 Å². The number of carbonyl (C=O) groups excluding carboxylic acids is 2. The van der Waals surface area contributed by atoms with E-state index >= 15 is 0 Å². The summed E-state index contributed by atoms with van der Waals surface area (Å²) in [6.45, 7) is 6.37. The first-order chi connectivity index (χ1) is 14.6. The van der Waals surface area contributed by atoms with Crippen molar-refractivity contribution in [3.05, 3.63) is 59.2 Å². The van der Waals surface area contributed by atoms with Gasteiger partial charge in [0.25, 0.3) is 5.91 Å². The van der Waals surface area contributed by atoms with Crippen LogP contribution in [-0.2, 0) is 22.5 Å². The Bertz CT molecular complexity index is 905. The molecule has 2 aliphatic rings. The molecular weight excluding hydrogens is 382 g/mol. The van der Waals surface area contributed by atoms with Crippen molar-refractivity contribution < 1.29 is 28.9 Å². The summed E-state index contributed by atoms with van der Waals surface area (Å²) < 4.78 is 10.3. The molecule has 0 bridgehead atoms. The maximum atomic E-state index is 12.4. The summed E-state index contributed by atoms with van der Waals surface area (Å²) >= 11 is 0. The summed E-state index contributed by atoms with van der Waals surface area (Å²) in [6, 6.07) is 13.3. The molecule has 0 atom stereocenters. The van der Waals surface area contributed by atoms with Crippen LogP contribution in [0.1, 0.15) is 21.5 Å². The van der Waals surface area contributed by atoms with Gasteiger partial charge in [-0.05, 0) is 48.0 Å². The quantitative estimate of drug-likeness (QED) is 0.552. The standard InChI is InChI=1S/C23H27N3O4/c1-29-23(28)18-3-5-20(6-4-18)24-22(27)16-26-11-9-25(10-12-26)15-17-2-7-21-19(14-17)8-13-30-21/h2-7,14H,8-13,15-16H2,1H3,(H,24,27)/p+2. The number of ether oxygens (including phenoxy) is 2. The lowest BCUT2D eigenvalue weighted by Crippen LogP contribution is -3.28. The largest absolute Gasteiger partial charge is 0.493 e. The number of rotatable bonds is 6. The second kappa shape index (κ2) is 9.28. The maximum absolute atomic E-state index is 12.4. The van der Waals surface area contributed by atoms with Crippen molar-refractivity contribution in [3.63, 3.8) is 0 Å². The number of methoxy groups -OCH3 is 1. The molecule has 7 nitrogen and oxygen atoms in total. The Morgan fingerprint density at radius 1 is 1.03 bits per heavy atom. The molecule has 3 N–H and O–H groups in total. The highest BCUT2D eigenvalue weighted by atomic mass is 16.5. The zero-order valence-electron chi connectivity index (χ0n) is 17.3. The second-order valence-electron chi connectivity index (χ2n) is 8.01. The minimum absolute atomic E-state index is 0.00195. The van der Waals surface area contributed by atoms with E-state index in [0.29, 0.717) is 17.8 Å². The van der Waals surface area contributed by atoms with Gasteiger partial charge >= 0.3 is 5.97 Å². The van der Waals surface area contributed by atoms with Crippen LogP contribution in [0.15, 0.2) is 42.5 Å². The van der Waals surface area contributed by atoms with Crippen LogP contribution in [0.5, 0.6) is 5.75 Å². The van der Waals surface area contributed by atoms with Gasteiger partial charge in [0.2, 0.25) is 0 Å². The number of hydrogen-bond acceptors (Lipinski definition) is 4. The Balaban J connectivity index is 1.21. The average molecular weight is 412 g/mol. The Labute approximate surface area is 176 Å². The third-order valence-electron chi connectivity index (χ3n) is 5.87. The third-order valence-corrected chi connectivity index (χ3v) is 5.87. The van der Waals surface area contributed by atoms with Crippen LogP contribution in [0.3, 0.4) is 0 Å². The molecule has 4 rings (SSSR count). The molecule has 158 valence electrons. The fourth-order valence-electron chi connectivity index (χ4n) is 4.19. The number of anilines is 1. The zero-order chi connectivity index (χ0) is 20.9. The van der Waals surface area contributed by atoms with Crippen LogP contribution < -0.4 is 19.9 Å². The van der Waals surface area contributed by atoms with Crippen molar-refractivity contribution in [2.24, 2.45) is 0 Å². The average Bonchev–Trinajstić information content (AvgIpc) is 3.23. The van der Waals surface area contributed by atoms with E-state index in [2.05, 4.69) is 28.3 Å². The summed E-state index contributed by atoms with van der Waals surface area (Å²) in [4.78, 5) is 26.8. The number of nitrogens with one attached hydrogen (secondary N) is 3. The molecule has 0 spiro atoms. The van der Waals surface area contributed by atoms with E-state index in [1.807, 2.05) is 0 Å². The van der Waals surface area contributed by atoms with Crippen molar-refractivity contribution in [1.29, 1.82) is 0 Å². The summed E-state index contributed by atoms with van der Waals surface area (Å²) in [6.07, 6.45) is 1.01. The van der Waals surface area contributed by atoms with Crippen LogP contribution in [-0.4, -0.2) is 58.3 Å². The molecule has 2 aromatic carbocycles. The number of fused-ring (bicyclic) bond motifs is 1. The molecule has 0 aromatic heterocycles. The normalized spacial score (nSPS) is 20.2. The first kappa shape index (κ1) is 20.4. The molecule has 2 aromatic rings. The van der Waals surface area contributed by atoms with Gasteiger partial charge in [-0.25, -0.2) is 4.79 Å². The monoisotopic (exact) mass is 411 g/mol. The molecule has 0 unspecified atom stereocenters. The molecule has 1 fully saturated rings. The Hall–Kier alpha value is -2.90. The van der Waals surface area contributed by atoms with Crippen LogP contribution in [0.25, 0.3) is 0 Å². The smallest absolute Gasteiger partial charge is 0.337 e. The molecule has 0 radical (unpaired) electrons. The van der Waals surface area contributed by atoms with Crippen molar-refractivity contribution in [2.45, 2.75) is 13.0 Å². The lowest BCUT2D eigenvalue weighted by molar-refractivity contribution is -1.02. The summed E-state index contributed by atoms with van der Waals surface area (Å²) in [5.41, 5.74) is 3.85. The predicted molar refractivity (Wildman–Crippen MR) is 112 cm³/mol. The van der Waals surface area contributed by atoms with Crippen LogP contribution in [0.2, 0.25) is 0 Å². The van der Waals surface area contributed by atoms with Crippen molar-refractivity contribution in [2.75, 3.05) is 51.8 Å². The molecule has 0 saturated carbocycles. The van der Waals surface area contributed by atoms with Gasteiger partial charge in [0.05, 0.1) is 19.3 Å². The number of quaternary nitrogens is 2. The lowest BCUT2D eigenvalue weighted by Gasteiger charge is -2.29. The van der Waals surface area contributed by atoms with Gasteiger partial charge in [0.1, 0.15) is 38.5 Å². The van der Waals surface area contributed by atoms with Gasteiger partial charge < -0.3 is 24.6 Å². The minimum atomic E-state index is -0.383. The second-order valence-corrected chi connectivity index (χ2v) is 8.01. The van der Waals surface area contributed by atoms with Gasteiger partial charge in [-0.2, -0.15) is 0 Å². The molecule has 2 heterocycles. The summed E-state index contributed by atoms with van der Waals surface area (Å²) in [5, 5.41) is 2.92. The fourth-order valence-corrected chi connectivity index (χ4v) is 4.19. The Morgan fingerprint density at radius 2 is 1.77 bits per heavy atom. The number of piperazine rings is 1. The van der Waals surface area contributed by atoms with Crippen LogP contribution in [0.4, 0.5) is 5.69 Å². The number of amides is 1. The highest BCUT2D eigenvalue weighted by Crippen LogP contribution is 2.25. The van der Waals surface area contributed by atoms with Gasteiger partial charge in [-0.15, -0.1) is 0 Å². The molecule has 1 saturated heterocycles. The molecule has 2 aliphatic heterocycles. The highest BCUT2D eigenvalue weighted by Gasteiger charge is 2.25. The SMILES string of the molecule is COC(=O)c1ccc(NC(=O)C[NH+]2CC[NH+](Cc3ccc4c(c3)CCO4)CC2)cc1. The summed E-state index contributed by atoms with van der Waals surface area (Å²) in [5.74, 6) is 0.651. The molecule has 7 heteroatoms. The van der Waals surface area contributed by atoms with E-state index in [0.717, 1.165) is 51.5 Å². The third kappa shape index (κ3) is 4.98. The predicted octanol–water partition coefficient (Wildman–Crippen LogP) is -0.670. The lowest BCUT2D eigenvalue weighted by atomic mass is 10.1. The molecule has 0 aliphatic carbocycles.